The number of hydrogen-bond acceptors (Lipinski definition) is 5. The van der Waals surface area contributed by atoms with Gasteiger partial charge in [-0.3, -0.25) is 9.78 Å². The Bertz CT molecular complexity index is 978. The minimum absolute atomic E-state index is 0.126. The van der Waals surface area contributed by atoms with E-state index in [0.717, 1.165) is 32.1 Å². The highest BCUT2D eigenvalue weighted by Gasteiger charge is 2.24. The minimum atomic E-state index is -0.309. The Hall–Kier alpha value is -3.09. The van der Waals surface area contributed by atoms with Crippen molar-refractivity contribution in [2.24, 2.45) is 5.92 Å². The van der Waals surface area contributed by atoms with Gasteiger partial charge in [-0.15, -0.1) is 10.2 Å². The maximum Gasteiger partial charge on any atom is 0.253 e. The molecule has 6 nitrogen and oxygen atoms in total. The van der Waals surface area contributed by atoms with E-state index in [2.05, 4.69) is 20.5 Å². The Morgan fingerprint density at radius 2 is 2.00 bits per heavy atom. The highest BCUT2D eigenvalue weighted by atomic mass is 19.1. The van der Waals surface area contributed by atoms with Gasteiger partial charge in [0.1, 0.15) is 5.82 Å². The van der Waals surface area contributed by atoms with E-state index >= 15 is 0 Å². The Balaban J connectivity index is 1.29. The highest BCUT2D eigenvalue weighted by molar-refractivity contribution is 5.94. The molecule has 0 saturated heterocycles. The number of pyridine rings is 1. The van der Waals surface area contributed by atoms with Crippen molar-refractivity contribution in [2.75, 3.05) is 0 Å². The fourth-order valence-electron chi connectivity index (χ4n) is 3.79. The number of carbonyl (C=O) groups excluding carboxylic acids is 1. The van der Waals surface area contributed by atoms with Gasteiger partial charge in [0.15, 0.2) is 0 Å². The number of nitrogens with one attached hydrogen (secondary N) is 1. The van der Waals surface area contributed by atoms with Crippen molar-refractivity contribution < 1.29 is 13.6 Å². The Kier molecular flexibility index (Phi) is 5.64. The average molecular weight is 394 g/mol. The number of rotatable bonds is 5. The van der Waals surface area contributed by atoms with Crippen molar-refractivity contribution in [3.05, 3.63) is 65.8 Å². The second-order valence-corrected chi connectivity index (χ2v) is 7.55. The molecule has 0 bridgehead atoms. The fraction of sp³-hybridized carbons (Fsp3) is 0.364. The van der Waals surface area contributed by atoms with Crippen LogP contribution in [0, 0.1) is 18.7 Å². The molecule has 1 aliphatic rings. The number of aromatic nitrogens is 3. The smallest absolute Gasteiger partial charge is 0.253 e. The van der Waals surface area contributed by atoms with E-state index in [9.17, 15) is 9.18 Å². The first-order chi connectivity index (χ1) is 14.1. The van der Waals surface area contributed by atoms with E-state index in [1.165, 1.54) is 12.1 Å². The molecule has 29 heavy (non-hydrogen) atoms. The molecule has 1 saturated carbocycles. The molecule has 0 atom stereocenters. The summed E-state index contributed by atoms with van der Waals surface area (Å²) in [6.45, 7) is 1.79. The lowest BCUT2D eigenvalue weighted by atomic mass is 9.84. The molecule has 1 amide bonds. The van der Waals surface area contributed by atoms with Crippen molar-refractivity contribution in [1.82, 2.24) is 20.5 Å². The number of benzene rings is 1. The van der Waals surface area contributed by atoms with Crippen LogP contribution in [0.5, 0.6) is 0 Å². The van der Waals surface area contributed by atoms with Crippen molar-refractivity contribution in [3.63, 3.8) is 0 Å². The average Bonchev–Trinajstić information content (AvgIpc) is 3.14. The molecule has 4 rings (SSSR count). The standard InChI is InChI=1S/C22H23FN4O2/c1-14-26-27-21(29-14)11-15-5-8-19(9-6-15)25-22(28)17-7-10-20(24-13-17)16-3-2-4-18(23)12-16/h2-4,7,10,12-13,15,19H,5-6,8-9,11H2,1H3,(H,25,28). The molecule has 0 aliphatic heterocycles. The molecule has 0 radical (unpaired) electrons. The normalized spacial score (nSPS) is 19.1. The van der Waals surface area contributed by atoms with Gasteiger partial charge in [-0.2, -0.15) is 0 Å². The zero-order chi connectivity index (χ0) is 20.2. The molecular formula is C22H23FN4O2. The van der Waals surface area contributed by atoms with Gasteiger partial charge >= 0.3 is 0 Å². The van der Waals surface area contributed by atoms with Gasteiger partial charge < -0.3 is 9.73 Å². The number of aryl methyl sites for hydroxylation is 1. The first kappa shape index (κ1) is 19.2. The van der Waals surface area contributed by atoms with Crippen molar-refractivity contribution >= 4 is 5.91 Å². The van der Waals surface area contributed by atoms with Crippen molar-refractivity contribution in [3.8, 4) is 11.3 Å². The second kappa shape index (κ2) is 8.51. The van der Waals surface area contributed by atoms with E-state index in [-0.39, 0.29) is 17.8 Å². The summed E-state index contributed by atoms with van der Waals surface area (Å²) in [6, 6.07) is 9.88. The molecule has 150 valence electrons. The molecule has 7 heteroatoms. The maximum atomic E-state index is 13.4. The van der Waals surface area contributed by atoms with E-state index in [4.69, 9.17) is 4.42 Å². The van der Waals surface area contributed by atoms with Crippen LogP contribution in [0.3, 0.4) is 0 Å². The summed E-state index contributed by atoms with van der Waals surface area (Å²) in [6.07, 6.45) is 6.23. The van der Waals surface area contributed by atoms with Crippen LogP contribution in [0.2, 0.25) is 0 Å². The van der Waals surface area contributed by atoms with E-state index in [1.54, 1.807) is 37.4 Å². The summed E-state index contributed by atoms with van der Waals surface area (Å²) in [5.74, 6) is 1.36. The number of nitrogens with zero attached hydrogens (tertiary/aromatic N) is 3. The lowest BCUT2D eigenvalue weighted by Crippen LogP contribution is -2.38. The lowest BCUT2D eigenvalue weighted by Gasteiger charge is -2.28. The topological polar surface area (TPSA) is 80.9 Å². The van der Waals surface area contributed by atoms with Crippen LogP contribution in [0.15, 0.2) is 47.0 Å². The Morgan fingerprint density at radius 1 is 1.17 bits per heavy atom. The van der Waals surface area contributed by atoms with Crippen LogP contribution in [0.1, 0.15) is 47.8 Å². The number of carbonyl (C=O) groups is 1. The van der Waals surface area contributed by atoms with Gasteiger partial charge in [-0.25, -0.2) is 4.39 Å². The number of hydrogen-bond donors (Lipinski definition) is 1. The summed E-state index contributed by atoms with van der Waals surface area (Å²) < 4.78 is 18.8. The Labute approximate surface area is 168 Å². The summed E-state index contributed by atoms with van der Waals surface area (Å²) in [5, 5.41) is 11.0. The third-order valence-corrected chi connectivity index (χ3v) is 5.36. The molecule has 1 N–H and O–H groups in total. The third-order valence-electron chi connectivity index (χ3n) is 5.36. The lowest BCUT2D eigenvalue weighted by molar-refractivity contribution is 0.0921. The largest absolute Gasteiger partial charge is 0.426 e. The van der Waals surface area contributed by atoms with Gasteiger partial charge in [0.2, 0.25) is 11.8 Å². The zero-order valence-corrected chi connectivity index (χ0v) is 16.3. The molecule has 1 aliphatic carbocycles. The van der Waals surface area contributed by atoms with E-state index in [0.29, 0.717) is 34.5 Å². The molecular weight excluding hydrogens is 371 g/mol. The predicted octanol–water partition coefficient (Wildman–Crippen LogP) is 4.11. The monoisotopic (exact) mass is 394 g/mol. The van der Waals surface area contributed by atoms with Crippen LogP contribution < -0.4 is 5.32 Å². The van der Waals surface area contributed by atoms with E-state index in [1.807, 2.05) is 0 Å². The molecule has 1 fully saturated rings. The molecule has 3 aromatic rings. The summed E-state index contributed by atoms with van der Waals surface area (Å²) in [4.78, 5) is 16.9. The SMILES string of the molecule is Cc1nnc(CC2CCC(NC(=O)c3ccc(-c4cccc(F)c4)nc3)CC2)o1. The first-order valence-electron chi connectivity index (χ1n) is 9.88. The highest BCUT2D eigenvalue weighted by Crippen LogP contribution is 2.27. The minimum Gasteiger partial charge on any atom is -0.426 e. The fourth-order valence-corrected chi connectivity index (χ4v) is 3.79. The Morgan fingerprint density at radius 3 is 2.66 bits per heavy atom. The molecule has 0 spiro atoms. The van der Waals surface area contributed by atoms with Crippen molar-refractivity contribution in [2.45, 2.75) is 45.1 Å². The third kappa shape index (κ3) is 4.85. The van der Waals surface area contributed by atoms with Gasteiger partial charge in [0, 0.05) is 31.1 Å². The quantitative estimate of drug-likeness (QED) is 0.704. The van der Waals surface area contributed by atoms with Gasteiger partial charge in [0.05, 0.1) is 11.3 Å². The van der Waals surface area contributed by atoms with Gasteiger partial charge in [-0.1, -0.05) is 12.1 Å². The summed E-state index contributed by atoms with van der Waals surface area (Å²) in [5.41, 5.74) is 1.83. The maximum absolute atomic E-state index is 13.4. The predicted molar refractivity (Wildman–Crippen MR) is 106 cm³/mol. The van der Waals surface area contributed by atoms with Crippen LogP contribution in [-0.2, 0) is 6.42 Å². The van der Waals surface area contributed by atoms with Crippen LogP contribution in [-0.4, -0.2) is 27.1 Å². The van der Waals surface area contributed by atoms with Crippen molar-refractivity contribution in [1.29, 1.82) is 0 Å². The second-order valence-electron chi connectivity index (χ2n) is 7.55. The van der Waals surface area contributed by atoms with Gasteiger partial charge in [0.25, 0.3) is 5.91 Å². The molecule has 2 aromatic heterocycles. The van der Waals surface area contributed by atoms with Gasteiger partial charge in [-0.05, 0) is 55.9 Å². The summed E-state index contributed by atoms with van der Waals surface area (Å²) >= 11 is 0. The van der Waals surface area contributed by atoms with Crippen LogP contribution >= 0.6 is 0 Å². The molecule has 1 aromatic carbocycles. The molecule has 2 heterocycles. The van der Waals surface area contributed by atoms with Crippen LogP contribution in [0.25, 0.3) is 11.3 Å². The van der Waals surface area contributed by atoms with Crippen LogP contribution in [0.4, 0.5) is 4.39 Å². The number of halogens is 1. The zero-order valence-electron chi connectivity index (χ0n) is 16.3. The number of amides is 1. The molecule has 0 unspecified atom stereocenters. The summed E-state index contributed by atoms with van der Waals surface area (Å²) in [7, 11) is 0. The van der Waals surface area contributed by atoms with E-state index < -0.39 is 0 Å². The first-order valence-corrected chi connectivity index (χ1v) is 9.88.